The van der Waals surface area contributed by atoms with E-state index in [4.69, 9.17) is 17.3 Å². The lowest BCUT2D eigenvalue weighted by Crippen LogP contribution is -2.12. The highest BCUT2D eigenvalue weighted by molar-refractivity contribution is 6.30. The molecular weight excluding hydrogens is 260 g/mol. The summed E-state index contributed by atoms with van der Waals surface area (Å²) in [4.78, 5) is 13.3. The molecule has 5 heteroatoms. The van der Waals surface area contributed by atoms with E-state index in [2.05, 4.69) is 15.0 Å². The largest absolute Gasteiger partial charge is 0.324 e. The number of hydrogen-bond donors (Lipinski definition) is 1. The lowest BCUT2D eigenvalue weighted by molar-refractivity contribution is 0.614. The molecule has 0 aromatic carbocycles. The van der Waals surface area contributed by atoms with Crippen LogP contribution in [0.25, 0.3) is 11.5 Å². The summed E-state index contributed by atoms with van der Waals surface area (Å²) in [5, 5.41) is 0.612. The molecule has 0 radical (unpaired) electrons. The number of hydrogen-bond acceptors (Lipinski definition) is 4. The van der Waals surface area contributed by atoms with Crippen LogP contribution < -0.4 is 5.73 Å². The van der Waals surface area contributed by atoms with Gasteiger partial charge in [0, 0.05) is 29.7 Å². The minimum absolute atomic E-state index is 0.0599. The van der Waals surface area contributed by atoms with Crippen molar-refractivity contribution in [2.45, 2.75) is 31.7 Å². The zero-order chi connectivity index (χ0) is 13.2. The molecule has 4 nitrogen and oxygen atoms in total. The van der Waals surface area contributed by atoms with Gasteiger partial charge in [-0.05, 0) is 31.4 Å². The number of pyridine rings is 1. The van der Waals surface area contributed by atoms with Gasteiger partial charge in [-0.25, -0.2) is 9.97 Å². The van der Waals surface area contributed by atoms with Gasteiger partial charge in [0.1, 0.15) is 5.69 Å². The Labute approximate surface area is 117 Å². The molecule has 3 rings (SSSR count). The number of fused-ring (bicyclic) bond motifs is 1. The normalized spacial score (nSPS) is 18.7. The van der Waals surface area contributed by atoms with E-state index in [1.807, 2.05) is 12.3 Å². The van der Waals surface area contributed by atoms with Crippen LogP contribution in [0.4, 0.5) is 0 Å². The quantitative estimate of drug-likeness (QED) is 0.812. The molecule has 19 heavy (non-hydrogen) atoms. The van der Waals surface area contributed by atoms with E-state index >= 15 is 0 Å². The molecule has 0 fully saturated rings. The minimum atomic E-state index is 0.0599. The maximum atomic E-state index is 6.14. The molecule has 0 amide bonds. The van der Waals surface area contributed by atoms with E-state index in [9.17, 15) is 0 Å². The number of nitrogens with zero attached hydrogens (tertiary/aromatic N) is 3. The van der Waals surface area contributed by atoms with Crippen molar-refractivity contribution >= 4 is 11.6 Å². The third kappa shape index (κ3) is 2.60. The van der Waals surface area contributed by atoms with E-state index in [0.717, 1.165) is 42.6 Å². The van der Waals surface area contributed by atoms with E-state index in [0.29, 0.717) is 10.8 Å². The van der Waals surface area contributed by atoms with Gasteiger partial charge in [0.15, 0.2) is 5.82 Å². The predicted molar refractivity (Wildman–Crippen MR) is 74.8 cm³/mol. The number of nitrogens with two attached hydrogens (primary N) is 1. The standard InChI is InChI=1S/C14H15ClN4/c15-9-5-6-13(17-7-9)14-18-8-10-11(16)3-1-2-4-12(10)19-14/h5-8,11H,1-4,16H2. The molecule has 2 N–H and O–H groups in total. The fourth-order valence-corrected chi connectivity index (χ4v) is 2.49. The molecule has 0 spiro atoms. The average molecular weight is 275 g/mol. The fraction of sp³-hybridized carbons (Fsp3) is 0.357. The number of aryl methyl sites for hydroxylation is 1. The van der Waals surface area contributed by atoms with Crippen LogP contribution in [0.2, 0.25) is 5.02 Å². The van der Waals surface area contributed by atoms with Crippen LogP contribution in [-0.4, -0.2) is 15.0 Å². The Balaban J connectivity index is 2.01. The van der Waals surface area contributed by atoms with Gasteiger partial charge in [0.2, 0.25) is 0 Å². The van der Waals surface area contributed by atoms with Crippen LogP contribution in [-0.2, 0) is 6.42 Å². The van der Waals surface area contributed by atoms with E-state index < -0.39 is 0 Å². The van der Waals surface area contributed by atoms with Crippen LogP contribution >= 0.6 is 11.6 Å². The maximum absolute atomic E-state index is 6.14. The van der Waals surface area contributed by atoms with Gasteiger partial charge >= 0.3 is 0 Å². The maximum Gasteiger partial charge on any atom is 0.178 e. The zero-order valence-electron chi connectivity index (χ0n) is 10.5. The average Bonchev–Trinajstić information content (AvgIpc) is 2.61. The molecule has 0 saturated carbocycles. The molecule has 2 heterocycles. The fourth-order valence-electron chi connectivity index (χ4n) is 2.38. The first kappa shape index (κ1) is 12.5. The van der Waals surface area contributed by atoms with Crippen molar-refractivity contribution in [3.8, 4) is 11.5 Å². The Kier molecular flexibility index (Phi) is 3.44. The number of aromatic nitrogens is 3. The van der Waals surface area contributed by atoms with Crippen molar-refractivity contribution in [3.63, 3.8) is 0 Å². The van der Waals surface area contributed by atoms with Crippen molar-refractivity contribution in [1.29, 1.82) is 0 Å². The van der Waals surface area contributed by atoms with Crippen molar-refractivity contribution in [2.24, 2.45) is 5.73 Å². The third-order valence-corrected chi connectivity index (χ3v) is 3.66. The highest BCUT2D eigenvalue weighted by atomic mass is 35.5. The topological polar surface area (TPSA) is 64.7 Å². The molecule has 2 aromatic heterocycles. The van der Waals surface area contributed by atoms with Crippen molar-refractivity contribution < 1.29 is 0 Å². The van der Waals surface area contributed by atoms with Gasteiger partial charge in [-0.1, -0.05) is 18.0 Å². The summed E-state index contributed by atoms with van der Waals surface area (Å²) in [5.74, 6) is 0.643. The Bertz CT molecular complexity index is 582. The summed E-state index contributed by atoms with van der Waals surface area (Å²) in [5.41, 5.74) is 9.02. The summed E-state index contributed by atoms with van der Waals surface area (Å²) in [7, 11) is 0. The molecule has 1 aliphatic rings. The summed E-state index contributed by atoms with van der Waals surface area (Å²) >= 11 is 5.84. The summed E-state index contributed by atoms with van der Waals surface area (Å²) in [6.07, 6.45) is 7.71. The molecule has 0 aliphatic heterocycles. The van der Waals surface area contributed by atoms with E-state index in [1.165, 1.54) is 0 Å². The van der Waals surface area contributed by atoms with E-state index in [1.54, 1.807) is 12.3 Å². The van der Waals surface area contributed by atoms with Gasteiger partial charge in [0.05, 0.1) is 5.02 Å². The van der Waals surface area contributed by atoms with Crippen LogP contribution in [0.1, 0.15) is 36.6 Å². The summed E-state index contributed by atoms with van der Waals surface area (Å²) in [6, 6.07) is 3.69. The second kappa shape index (κ2) is 5.23. The van der Waals surface area contributed by atoms with Crippen LogP contribution in [0.5, 0.6) is 0 Å². The Morgan fingerprint density at radius 1 is 1.16 bits per heavy atom. The van der Waals surface area contributed by atoms with Gasteiger partial charge < -0.3 is 5.73 Å². The molecule has 0 bridgehead atoms. The Morgan fingerprint density at radius 2 is 2.05 bits per heavy atom. The third-order valence-electron chi connectivity index (χ3n) is 3.43. The summed E-state index contributed by atoms with van der Waals surface area (Å²) < 4.78 is 0. The van der Waals surface area contributed by atoms with E-state index in [-0.39, 0.29) is 6.04 Å². The zero-order valence-corrected chi connectivity index (χ0v) is 11.3. The lowest BCUT2D eigenvalue weighted by Gasteiger charge is -2.11. The molecular formula is C14H15ClN4. The molecule has 1 unspecified atom stereocenters. The Morgan fingerprint density at radius 3 is 2.84 bits per heavy atom. The first-order chi connectivity index (χ1) is 9.24. The van der Waals surface area contributed by atoms with Crippen LogP contribution in [0.3, 0.4) is 0 Å². The lowest BCUT2D eigenvalue weighted by atomic mass is 10.1. The molecule has 1 aliphatic carbocycles. The van der Waals surface area contributed by atoms with Gasteiger partial charge in [0.25, 0.3) is 0 Å². The highest BCUT2D eigenvalue weighted by Gasteiger charge is 2.18. The molecule has 2 aromatic rings. The highest BCUT2D eigenvalue weighted by Crippen LogP contribution is 2.26. The monoisotopic (exact) mass is 274 g/mol. The minimum Gasteiger partial charge on any atom is -0.324 e. The second-order valence-electron chi connectivity index (χ2n) is 4.81. The summed E-state index contributed by atoms with van der Waals surface area (Å²) in [6.45, 7) is 0. The van der Waals surface area contributed by atoms with Crippen molar-refractivity contribution in [2.75, 3.05) is 0 Å². The SMILES string of the molecule is NC1CCCCc2nc(-c3ccc(Cl)cn3)ncc21. The predicted octanol–water partition coefficient (Wildman–Crippen LogP) is 2.92. The van der Waals surface area contributed by atoms with Crippen molar-refractivity contribution in [1.82, 2.24) is 15.0 Å². The first-order valence-corrected chi connectivity index (χ1v) is 6.85. The second-order valence-corrected chi connectivity index (χ2v) is 5.25. The van der Waals surface area contributed by atoms with Gasteiger partial charge in [-0.15, -0.1) is 0 Å². The molecule has 98 valence electrons. The van der Waals surface area contributed by atoms with Crippen molar-refractivity contribution in [3.05, 3.63) is 40.8 Å². The first-order valence-electron chi connectivity index (χ1n) is 6.47. The molecule has 1 atom stereocenters. The Hall–Kier alpha value is -1.52. The number of rotatable bonds is 1. The van der Waals surface area contributed by atoms with Gasteiger partial charge in [-0.2, -0.15) is 0 Å². The van der Waals surface area contributed by atoms with Crippen LogP contribution in [0.15, 0.2) is 24.5 Å². The molecule has 0 saturated heterocycles. The smallest absolute Gasteiger partial charge is 0.178 e. The van der Waals surface area contributed by atoms with Crippen LogP contribution in [0, 0.1) is 0 Å². The number of halogens is 1. The van der Waals surface area contributed by atoms with Gasteiger partial charge in [-0.3, -0.25) is 4.98 Å².